The van der Waals surface area contributed by atoms with Gasteiger partial charge in [0.1, 0.15) is 11.9 Å². The van der Waals surface area contributed by atoms with Crippen molar-refractivity contribution < 1.29 is 14.3 Å². The summed E-state index contributed by atoms with van der Waals surface area (Å²) in [5, 5.41) is 0.574. The molecule has 2 heterocycles. The molecule has 2 aliphatic rings. The number of rotatable bonds is 6. The van der Waals surface area contributed by atoms with Crippen molar-refractivity contribution >= 4 is 23.4 Å². The topological polar surface area (TPSA) is 53.1 Å². The van der Waals surface area contributed by atoms with Crippen molar-refractivity contribution in [3.63, 3.8) is 0 Å². The van der Waals surface area contributed by atoms with Gasteiger partial charge in [-0.2, -0.15) is 0 Å². The average Bonchev–Trinajstić information content (AvgIpc) is 2.90. The van der Waals surface area contributed by atoms with Crippen molar-refractivity contribution in [1.82, 2.24) is 14.7 Å². The molecular weight excluding hydrogens is 342 g/mol. The Morgan fingerprint density at radius 3 is 2.68 bits per heavy atom. The van der Waals surface area contributed by atoms with Crippen LogP contribution in [-0.2, 0) is 9.59 Å². The van der Waals surface area contributed by atoms with Gasteiger partial charge in [-0.1, -0.05) is 23.7 Å². The molecule has 0 bridgehead atoms. The third-order valence-electron chi connectivity index (χ3n) is 4.67. The van der Waals surface area contributed by atoms with Crippen molar-refractivity contribution in [1.29, 1.82) is 0 Å². The fourth-order valence-electron chi connectivity index (χ4n) is 3.15. The molecule has 0 aromatic heterocycles. The van der Waals surface area contributed by atoms with Crippen molar-refractivity contribution in [2.24, 2.45) is 5.92 Å². The second-order valence-electron chi connectivity index (χ2n) is 6.96. The quantitative estimate of drug-likeness (QED) is 0.763. The van der Waals surface area contributed by atoms with Crippen LogP contribution >= 0.6 is 11.6 Å². The number of benzene rings is 1. The number of likely N-dealkylation sites (N-methyl/N-ethyl adjacent to an activating group) is 1. The number of nitrogens with zero attached hydrogens (tertiary/aromatic N) is 3. The maximum atomic E-state index is 12.6. The van der Waals surface area contributed by atoms with E-state index in [0.29, 0.717) is 43.4 Å². The first-order valence-corrected chi connectivity index (χ1v) is 8.94. The van der Waals surface area contributed by atoms with Crippen LogP contribution in [0, 0.1) is 5.92 Å². The van der Waals surface area contributed by atoms with E-state index in [9.17, 15) is 9.59 Å². The Morgan fingerprint density at radius 2 is 2.00 bits per heavy atom. The van der Waals surface area contributed by atoms with Crippen molar-refractivity contribution in [3.8, 4) is 5.75 Å². The van der Waals surface area contributed by atoms with E-state index in [0.717, 1.165) is 6.54 Å². The Balaban J connectivity index is 1.46. The van der Waals surface area contributed by atoms with E-state index in [2.05, 4.69) is 0 Å². The molecule has 25 heavy (non-hydrogen) atoms. The van der Waals surface area contributed by atoms with Gasteiger partial charge >= 0.3 is 0 Å². The fraction of sp³-hybridized carbons (Fsp3) is 0.556. The lowest BCUT2D eigenvalue weighted by atomic mass is 10.0. The highest BCUT2D eigenvalue weighted by Gasteiger charge is 2.41. The first kappa shape index (κ1) is 18.0. The number of amides is 2. The lowest BCUT2D eigenvalue weighted by molar-refractivity contribution is -0.144. The number of para-hydroxylation sites is 1. The largest absolute Gasteiger partial charge is 0.485 e. The number of ether oxygens (including phenoxy) is 1. The van der Waals surface area contributed by atoms with Crippen LogP contribution in [0.25, 0.3) is 0 Å². The maximum Gasteiger partial charge on any atom is 0.228 e. The van der Waals surface area contributed by atoms with E-state index in [1.54, 1.807) is 15.9 Å². The predicted octanol–water partition coefficient (Wildman–Crippen LogP) is 1.34. The minimum Gasteiger partial charge on any atom is -0.485 e. The summed E-state index contributed by atoms with van der Waals surface area (Å²) in [6, 6.07) is 7.33. The standard InChI is InChI=1S/C18H24ClN3O3/c1-20(2)7-8-21-10-13(9-17(21)23)18(24)22-11-14(12-22)25-16-6-4-3-5-15(16)19/h3-6,13-14H,7-12H2,1-2H3/t13-/m0/s1. The SMILES string of the molecule is CN(C)CCN1C[C@@H](C(=O)N2CC(Oc3ccccc3Cl)C2)CC1=O. The van der Waals surface area contributed by atoms with Gasteiger partial charge in [0.25, 0.3) is 0 Å². The Bertz CT molecular complexity index is 646. The minimum absolute atomic E-state index is 0.0363. The number of likely N-dealkylation sites (tertiary alicyclic amines) is 2. The molecule has 2 aliphatic heterocycles. The maximum absolute atomic E-state index is 12.6. The first-order chi connectivity index (χ1) is 11.9. The van der Waals surface area contributed by atoms with Crippen LogP contribution in [0.2, 0.25) is 5.02 Å². The second kappa shape index (κ2) is 7.62. The average molecular weight is 366 g/mol. The van der Waals surface area contributed by atoms with Gasteiger partial charge in [-0.25, -0.2) is 0 Å². The summed E-state index contributed by atoms with van der Waals surface area (Å²) >= 11 is 6.08. The number of hydrogen-bond donors (Lipinski definition) is 0. The monoisotopic (exact) mass is 365 g/mol. The van der Waals surface area contributed by atoms with Crippen LogP contribution in [0.15, 0.2) is 24.3 Å². The Labute approximate surface area is 153 Å². The molecule has 0 spiro atoms. The van der Waals surface area contributed by atoms with Gasteiger partial charge in [0.2, 0.25) is 11.8 Å². The highest BCUT2D eigenvalue weighted by molar-refractivity contribution is 6.32. The number of carbonyl (C=O) groups excluding carboxylic acids is 2. The highest BCUT2D eigenvalue weighted by atomic mass is 35.5. The summed E-state index contributed by atoms with van der Waals surface area (Å²) in [5.41, 5.74) is 0. The van der Waals surface area contributed by atoms with E-state index in [-0.39, 0.29) is 23.8 Å². The summed E-state index contributed by atoms with van der Waals surface area (Å²) in [6.45, 7) is 3.11. The van der Waals surface area contributed by atoms with Gasteiger partial charge in [0.05, 0.1) is 24.0 Å². The van der Waals surface area contributed by atoms with Crippen LogP contribution in [0.3, 0.4) is 0 Å². The van der Waals surface area contributed by atoms with E-state index < -0.39 is 0 Å². The third-order valence-corrected chi connectivity index (χ3v) is 4.98. The van der Waals surface area contributed by atoms with Crippen LogP contribution in [0.4, 0.5) is 0 Å². The number of halogens is 1. The molecule has 7 heteroatoms. The van der Waals surface area contributed by atoms with Crippen molar-refractivity contribution in [3.05, 3.63) is 29.3 Å². The predicted molar refractivity (Wildman–Crippen MR) is 95.7 cm³/mol. The smallest absolute Gasteiger partial charge is 0.228 e. The van der Waals surface area contributed by atoms with Crippen LogP contribution in [0.5, 0.6) is 5.75 Å². The molecule has 136 valence electrons. The Hall–Kier alpha value is -1.79. The summed E-state index contributed by atoms with van der Waals surface area (Å²) < 4.78 is 5.82. The zero-order valence-corrected chi connectivity index (χ0v) is 15.4. The zero-order chi connectivity index (χ0) is 18.0. The molecule has 2 fully saturated rings. The third kappa shape index (κ3) is 4.25. The van der Waals surface area contributed by atoms with Gasteiger partial charge in [0.15, 0.2) is 0 Å². The molecular formula is C18H24ClN3O3. The van der Waals surface area contributed by atoms with Gasteiger partial charge in [0, 0.05) is 26.1 Å². The summed E-state index contributed by atoms with van der Waals surface area (Å²) in [7, 11) is 3.95. The van der Waals surface area contributed by atoms with E-state index >= 15 is 0 Å². The zero-order valence-electron chi connectivity index (χ0n) is 14.7. The number of carbonyl (C=O) groups is 2. The van der Waals surface area contributed by atoms with Gasteiger partial charge in [-0.3, -0.25) is 9.59 Å². The minimum atomic E-state index is -0.226. The molecule has 3 rings (SSSR count). The molecule has 2 amide bonds. The Morgan fingerprint density at radius 1 is 1.28 bits per heavy atom. The van der Waals surface area contributed by atoms with Crippen LogP contribution in [-0.4, -0.2) is 79.4 Å². The lowest BCUT2D eigenvalue weighted by Gasteiger charge is -2.40. The molecule has 1 aromatic rings. The summed E-state index contributed by atoms with van der Waals surface area (Å²) in [4.78, 5) is 30.2. The second-order valence-corrected chi connectivity index (χ2v) is 7.36. The summed E-state index contributed by atoms with van der Waals surface area (Å²) in [5.74, 6) is 0.549. The van der Waals surface area contributed by atoms with Gasteiger partial charge in [-0.05, 0) is 26.2 Å². The van der Waals surface area contributed by atoms with E-state index in [4.69, 9.17) is 16.3 Å². The first-order valence-electron chi connectivity index (χ1n) is 8.56. The Kier molecular flexibility index (Phi) is 5.49. The van der Waals surface area contributed by atoms with Gasteiger partial charge < -0.3 is 19.4 Å². The van der Waals surface area contributed by atoms with E-state index in [1.807, 2.05) is 37.2 Å². The molecule has 2 saturated heterocycles. The molecule has 0 radical (unpaired) electrons. The molecule has 6 nitrogen and oxygen atoms in total. The molecule has 0 saturated carbocycles. The number of hydrogen-bond acceptors (Lipinski definition) is 4. The van der Waals surface area contributed by atoms with Crippen LogP contribution in [0.1, 0.15) is 6.42 Å². The molecule has 0 aliphatic carbocycles. The van der Waals surface area contributed by atoms with Crippen LogP contribution < -0.4 is 4.74 Å². The van der Waals surface area contributed by atoms with Gasteiger partial charge in [-0.15, -0.1) is 0 Å². The molecule has 0 N–H and O–H groups in total. The fourth-order valence-corrected chi connectivity index (χ4v) is 3.33. The lowest BCUT2D eigenvalue weighted by Crippen LogP contribution is -2.57. The van der Waals surface area contributed by atoms with Crippen molar-refractivity contribution in [2.75, 3.05) is 46.8 Å². The summed E-state index contributed by atoms with van der Waals surface area (Å²) in [6.07, 6.45) is 0.282. The molecule has 1 aromatic carbocycles. The normalized spacial score (nSPS) is 21.0. The highest BCUT2D eigenvalue weighted by Crippen LogP contribution is 2.28. The molecule has 0 unspecified atom stereocenters. The van der Waals surface area contributed by atoms with E-state index in [1.165, 1.54) is 0 Å². The van der Waals surface area contributed by atoms with Crippen molar-refractivity contribution in [2.45, 2.75) is 12.5 Å². The molecule has 1 atom stereocenters.